The number of fused-ring (bicyclic) bond motifs is 1. The molecule has 1 aliphatic rings. The molecule has 0 aliphatic carbocycles. The molecule has 0 unspecified atom stereocenters. The van der Waals surface area contributed by atoms with Crippen molar-refractivity contribution in [3.05, 3.63) is 35.0 Å². The Morgan fingerprint density at radius 3 is 3.04 bits per heavy atom. The summed E-state index contributed by atoms with van der Waals surface area (Å²) >= 11 is 0. The first-order valence-electron chi connectivity index (χ1n) is 7.60. The molecular formula is C16H20F2N4O2. The number of allylic oxidation sites excluding steroid dienone is 1. The van der Waals surface area contributed by atoms with Crippen LogP contribution in [0.2, 0.25) is 0 Å². The van der Waals surface area contributed by atoms with Crippen LogP contribution >= 0.6 is 0 Å². The largest absolute Gasteiger partial charge is 0.383 e. The van der Waals surface area contributed by atoms with Gasteiger partial charge < -0.3 is 15.4 Å². The fourth-order valence-corrected chi connectivity index (χ4v) is 2.43. The Morgan fingerprint density at radius 2 is 2.38 bits per heavy atom. The molecule has 24 heavy (non-hydrogen) atoms. The number of ether oxygens (including phenoxy) is 1. The number of nitrogen functional groups attached to an aromatic ring is 1. The van der Waals surface area contributed by atoms with Crippen LogP contribution in [0.15, 0.2) is 28.9 Å². The number of carbonyl (C=O) groups excluding carboxylic acids is 1. The van der Waals surface area contributed by atoms with Gasteiger partial charge in [0.05, 0.1) is 6.54 Å². The number of nitrogens with two attached hydrogens (primary N) is 1. The van der Waals surface area contributed by atoms with Gasteiger partial charge in [-0.05, 0) is 18.1 Å². The first-order valence-corrected chi connectivity index (χ1v) is 7.60. The lowest BCUT2D eigenvalue weighted by Gasteiger charge is -2.16. The van der Waals surface area contributed by atoms with Crippen molar-refractivity contribution >= 4 is 17.9 Å². The molecule has 0 fully saturated rings. The normalized spacial score (nSPS) is 14.9. The molecule has 1 aliphatic heterocycles. The van der Waals surface area contributed by atoms with Crippen LogP contribution in [0.4, 0.5) is 14.6 Å². The predicted molar refractivity (Wildman–Crippen MR) is 87.1 cm³/mol. The van der Waals surface area contributed by atoms with Crippen molar-refractivity contribution in [1.29, 1.82) is 0 Å². The van der Waals surface area contributed by atoms with E-state index in [0.717, 1.165) is 17.6 Å². The maximum Gasteiger partial charge on any atom is 0.261 e. The number of halogens is 2. The Bertz CT molecular complexity index is 647. The van der Waals surface area contributed by atoms with Crippen LogP contribution in [-0.4, -0.2) is 48.3 Å². The average Bonchev–Trinajstić information content (AvgIpc) is 2.85. The molecule has 130 valence electrons. The van der Waals surface area contributed by atoms with Gasteiger partial charge in [-0.2, -0.15) is 0 Å². The Balaban J connectivity index is 1.97. The van der Waals surface area contributed by atoms with Crippen molar-refractivity contribution in [3.63, 3.8) is 0 Å². The van der Waals surface area contributed by atoms with Crippen molar-refractivity contribution in [2.75, 3.05) is 25.6 Å². The summed E-state index contributed by atoms with van der Waals surface area (Å²) in [5.74, 6) is 0.252. The van der Waals surface area contributed by atoms with Crippen LogP contribution in [0, 0.1) is 0 Å². The van der Waals surface area contributed by atoms with Gasteiger partial charge in [0.2, 0.25) is 0 Å². The zero-order chi connectivity index (χ0) is 17.5. The van der Waals surface area contributed by atoms with Crippen LogP contribution in [0.5, 0.6) is 0 Å². The molecule has 0 aromatic carbocycles. The molecular weight excluding hydrogens is 318 g/mol. The van der Waals surface area contributed by atoms with E-state index in [-0.39, 0.29) is 12.6 Å². The summed E-state index contributed by atoms with van der Waals surface area (Å²) < 4.78 is 28.6. The minimum absolute atomic E-state index is 0.108. The van der Waals surface area contributed by atoms with Crippen LogP contribution in [-0.2, 0) is 11.3 Å². The molecule has 2 N–H and O–H groups in total. The van der Waals surface area contributed by atoms with Gasteiger partial charge in [0.15, 0.2) is 0 Å². The topological polar surface area (TPSA) is 80.8 Å². The van der Waals surface area contributed by atoms with E-state index in [1.54, 1.807) is 17.2 Å². The summed E-state index contributed by atoms with van der Waals surface area (Å²) in [6.07, 6.45) is 3.24. The first-order chi connectivity index (χ1) is 11.5. The molecule has 2 heterocycles. The summed E-state index contributed by atoms with van der Waals surface area (Å²) in [6, 6.07) is 1.66. The maximum atomic E-state index is 12.4. The summed E-state index contributed by atoms with van der Waals surface area (Å²) in [7, 11) is 0. The molecule has 0 saturated carbocycles. The monoisotopic (exact) mass is 338 g/mol. The highest BCUT2D eigenvalue weighted by Crippen LogP contribution is 2.26. The van der Waals surface area contributed by atoms with Gasteiger partial charge in [0, 0.05) is 30.1 Å². The molecule has 0 atom stereocenters. The number of aliphatic imine (C=N–C) groups is 1. The second-order valence-corrected chi connectivity index (χ2v) is 5.27. The van der Waals surface area contributed by atoms with Crippen LogP contribution in [0.1, 0.15) is 29.3 Å². The molecule has 1 aromatic heterocycles. The molecule has 0 radical (unpaired) electrons. The van der Waals surface area contributed by atoms with Crippen LogP contribution in [0.3, 0.4) is 0 Å². The molecule has 2 rings (SSSR count). The van der Waals surface area contributed by atoms with Crippen LogP contribution in [0.25, 0.3) is 0 Å². The van der Waals surface area contributed by atoms with E-state index in [1.807, 2.05) is 13.0 Å². The third-order valence-electron chi connectivity index (χ3n) is 3.46. The fraction of sp³-hybridized carbons (Fsp3) is 0.438. The lowest BCUT2D eigenvalue weighted by molar-refractivity contribution is 0.0207. The highest BCUT2D eigenvalue weighted by Gasteiger charge is 2.29. The Hall–Kier alpha value is -2.35. The van der Waals surface area contributed by atoms with Crippen LogP contribution < -0.4 is 5.73 Å². The number of carbonyl (C=O) groups is 1. The minimum atomic E-state index is -2.51. The number of hydrogen-bond donors (Lipinski definition) is 1. The van der Waals surface area contributed by atoms with E-state index >= 15 is 0 Å². The van der Waals surface area contributed by atoms with Gasteiger partial charge in [-0.3, -0.25) is 9.79 Å². The summed E-state index contributed by atoms with van der Waals surface area (Å²) in [6.45, 7) is 1.93. The molecule has 0 saturated heterocycles. The Morgan fingerprint density at radius 1 is 1.58 bits per heavy atom. The van der Waals surface area contributed by atoms with Gasteiger partial charge in [0.1, 0.15) is 19.2 Å². The number of rotatable bonds is 8. The number of amides is 1. The summed E-state index contributed by atoms with van der Waals surface area (Å²) in [5.41, 5.74) is 7.92. The zero-order valence-corrected chi connectivity index (χ0v) is 13.4. The number of anilines is 1. The smallest absolute Gasteiger partial charge is 0.261 e. The van der Waals surface area contributed by atoms with Gasteiger partial charge >= 0.3 is 0 Å². The number of aromatic nitrogens is 1. The lowest BCUT2D eigenvalue weighted by atomic mass is 10.2. The highest BCUT2D eigenvalue weighted by atomic mass is 19.3. The standard InChI is InChI=1S/C16H20F2N4O2/c1-2-3-11(6-20-10-24-9-14(17)18)7-22-8-13-12(16(22)23)4-5-21-15(13)19/h3-6,14H,2,7-10H2,1H3,(H2,19,21)/b11-3+,20-6-. The zero-order valence-electron chi connectivity index (χ0n) is 13.4. The molecule has 1 amide bonds. The van der Waals surface area contributed by atoms with E-state index in [2.05, 4.69) is 9.98 Å². The number of pyridine rings is 1. The van der Waals surface area contributed by atoms with Gasteiger partial charge in [-0.1, -0.05) is 13.0 Å². The van der Waals surface area contributed by atoms with E-state index < -0.39 is 13.0 Å². The van der Waals surface area contributed by atoms with Gasteiger partial charge in [-0.25, -0.2) is 13.8 Å². The highest BCUT2D eigenvalue weighted by molar-refractivity contribution is 6.00. The Kier molecular flexibility index (Phi) is 6.36. The third-order valence-corrected chi connectivity index (χ3v) is 3.46. The fourth-order valence-electron chi connectivity index (χ4n) is 2.43. The molecule has 1 aromatic rings. The number of nitrogens with zero attached hydrogens (tertiary/aromatic N) is 3. The SMILES string of the molecule is CC/C=C(\C=N/COCC(F)F)CN1Cc2c(ccnc2N)C1=O. The van der Waals surface area contributed by atoms with E-state index in [1.165, 1.54) is 6.20 Å². The van der Waals surface area contributed by atoms with E-state index in [9.17, 15) is 13.6 Å². The second-order valence-electron chi connectivity index (χ2n) is 5.27. The quantitative estimate of drug-likeness (QED) is 0.582. The van der Waals surface area contributed by atoms with Crippen molar-refractivity contribution in [2.24, 2.45) is 4.99 Å². The molecule has 0 bridgehead atoms. The van der Waals surface area contributed by atoms with E-state index in [4.69, 9.17) is 10.5 Å². The molecule has 8 heteroatoms. The Labute approximate surface area is 139 Å². The first kappa shape index (κ1) is 18.0. The van der Waals surface area contributed by atoms with Gasteiger partial charge in [-0.15, -0.1) is 0 Å². The average molecular weight is 338 g/mol. The second kappa shape index (κ2) is 8.49. The van der Waals surface area contributed by atoms with Gasteiger partial charge in [0.25, 0.3) is 12.3 Å². The van der Waals surface area contributed by atoms with Crippen molar-refractivity contribution in [3.8, 4) is 0 Å². The van der Waals surface area contributed by atoms with Crippen molar-refractivity contribution in [1.82, 2.24) is 9.88 Å². The number of alkyl halides is 2. The van der Waals surface area contributed by atoms with Crippen molar-refractivity contribution < 1.29 is 18.3 Å². The summed E-state index contributed by atoms with van der Waals surface area (Å²) in [5, 5.41) is 0. The molecule has 6 nitrogen and oxygen atoms in total. The minimum Gasteiger partial charge on any atom is -0.383 e. The third kappa shape index (κ3) is 4.58. The van der Waals surface area contributed by atoms with Crippen molar-refractivity contribution in [2.45, 2.75) is 26.3 Å². The number of hydrogen-bond acceptors (Lipinski definition) is 5. The molecule has 0 spiro atoms. The van der Waals surface area contributed by atoms with E-state index in [0.29, 0.717) is 24.5 Å². The predicted octanol–water partition coefficient (Wildman–Crippen LogP) is 2.27. The maximum absolute atomic E-state index is 12.4. The summed E-state index contributed by atoms with van der Waals surface area (Å²) in [4.78, 5) is 22.0. The lowest BCUT2D eigenvalue weighted by Crippen LogP contribution is -2.26.